The Labute approximate surface area is 162 Å². The Morgan fingerprint density at radius 2 is 2.23 bits per heavy atom. The lowest BCUT2D eigenvalue weighted by Gasteiger charge is -2.23. The summed E-state index contributed by atoms with van der Waals surface area (Å²) in [5.41, 5.74) is 3.10. The molecule has 0 bridgehead atoms. The van der Waals surface area contributed by atoms with Gasteiger partial charge < -0.3 is 10.6 Å². The molecule has 4 heterocycles. The fraction of sp³-hybridized carbons (Fsp3) is 0.421. The molecule has 3 aromatic rings. The highest BCUT2D eigenvalue weighted by atomic mass is 79.9. The fourth-order valence-electron chi connectivity index (χ4n) is 3.09. The number of hydrogen-bond donors (Lipinski definition) is 2. The first-order valence-corrected chi connectivity index (χ1v) is 9.98. The van der Waals surface area contributed by atoms with Crippen molar-refractivity contribution >= 4 is 27.4 Å². The smallest absolute Gasteiger partial charge is 0.171 e. The van der Waals surface area contributed by atoms with Crippen molar-refractivity contribution in [1.29, 1.82) is 0 Å². The standard InChI is InChI=1S/C17H19BrN6.C2H6/c18-14-11-22-24-16(21-9-12-3-1-5-19-8-12)7-15(23-17(14)24)13-4-2-6-20-10-13;1-2/h1,3,5,7-8,11,13,20-21H,2,4,6,9-10H2;1-2H3. The Hall–Kier alpha value is -1.99. The van der Waals surface area contributed by atoms with Crippen molar-refractivity contribution in [1.82, 2.24) is 24.9 Å². The number of aromatic nitrogens is 4. The van der Waals surface area contributed by atoms with Gasteiger partial charge in [0.05, 0.1) is 16.4 Å². The van der Waals surface area contributed by atoms with E-state index in [2.05, 4.69) is 48.8 Å². The zero-order chi connectivity index (χ0) is 18.4. The molecule has 1 saturated heterocycles. The van der Waals surface area contributed by atoms with Crippen LogP contribution in [0.15, 0.2) is 41.3 Å². The van der Waals surface area contributed by atoms with E-state index in [1.165, 1.54) is 12.8 Å². The highest BCUT2D eigenvalue weighted by molar-refractivity contribution is 9.10. The summed E-state index contributed by atoms with van der Waals surface area (Å²) in [7, 11) is 0. The van der Waals surface area contributed by atoms with Crippen molar-refractivity contribution in [3.05, 3.63) is 52.5 Å². The van der Waals surface area contributed by atoms with Gasteiger partial charge in [-0.2, -0.15) is 9.61 Å². The molecule has 1 aliphatic rings. The number of rotatable bonds is 4. The van der Waals surface area contributed by atoms with Crippen LogP contribution in [0.5, 0.6) is 0 Å². The highest BCUT2D eigenvalue weighted by Gasteiger charge is 2.19. The molecule has 7 heteroatoms. The number of halogens is 1. The fourth-order valence-corrected chi connectivity index (χ4v) is 3.44. The van der Waals surface area contributed by atoms with Gasteiger partial charge in [0.1, 0.15) is 5.82 Å². The number of hydrogen-bond acceptors (Lipinski definition) is 5. The van der Waals surface area contributed by atoms with E-state index in [0.29, 0.717) is 12.5 Å². The molecule has 0 saturated carbocycles. The Balaban J connectivity index is 0.000000948. The van der Waals surface area contributed by atoms with Gasteiger partial charge in [-0.1, -0.05) is 19.9 Å². The lowest BCUT2D eigenvalue weighted by Crippen LogP contribution is -2.29. The van der Waals surface area contributed by atoms with Gasteiger partial charge in [0.2, 0.25) is 0 Å². The summed E-state index contributed by atoms with van der Waals surface area (Å²) in [4.78, 5) is 9.00. The van der Waals surface area contributed by atoms with Gasteiger partial charge in [-0.3, -0.25) is 4.98 Å². The SMILES string of the molecule is Brc1cnn2c(NCc3cccnc3)cc(C3CCCNC3)nc12.CC. The molecule has 3 aromatic heterocycles. The predicted molar refractivity (Wildman–Crippen MR) is 108 cm³/mol. The number of fused-ring (bicyclic) bond motifs is 1. The van der Waals surface area contributed by atoms with Crippen LogP contribution in [0.3, 0.4) is 0 Å². The first-order chi connectivity index (χ1) is 12.8. The zero-order valence-corrected chi connectivity index (χ0v) is 16.8. The Bertz CT molecular complexity index is 827. The lowest BCUT2D eigenvalue weighted by atomic mass is 9.96. The van der Waals surface area contributed by atoms with Crippen LogP contribution < -0.4 is 10.6 Å². The van der Waals surface area contributed by atoms with Crippen molar-refractivity contribution in [2.75, 3.05) is 18.4 Å². The van der Waals surface area contributed by atoms with Crippen LogP contribution in [-0.4, -0.2) is 32.7 Å². The van der Waals surface area contributed by atoms with E-state index in [4.69, 9.17) is 4.98 Å². The van der Waals surface area contributed by atoms with Gasteiger partial charge in [0.25, 0.3) is 0 Å². The molecule has 0 spiro atoms. The maximum atomic E-state index is 4.84. The first kappa shape index (κ1) is 18.8. The van der Waals surface area contributed by atoms with Crippen LogP contribution >= 0.6 is 15.9 Å². The van der Waals surface area contributed by atoms with Gasteiger partial charge in [-0.25, -0.2) is 4.98 Å². The van der Waals surface area contributed by atoms with Crippen LogP contribution in [0.1, 0.15) is 43.9 Å². The summed E-state index contributed by atoms with van der Waals surface area (Å²) in [5, 5.41) is 11.4. The topological polar surface area (TPSA) is 67.1 Å². The molecular formula is C19H25BrN6. The van der Waals surface area contributed by atoms with Crippen LogP contribution in [-0.2, 0) is 6.54 Å². The van der Waals surface area contributed by atoms with E-state index in [-0.39, 0.29) is 0 Å². The van der Waals surface area contributed by atoms with E-state index < -0.39 is 0 Å². The van der Waals surface area contributed by atoms with Crippen molar-refractivity contribution in [2.24, 2.45) is 0 Å². The lowest BCUT2D eigenvalue weighted by molar-refractivity contribution is 0.455. The summed E-state index contributed by atoms with van der Waals surface area (Å²) in [6, 6.07) is 6.13. The minimum Gasteiger partial charge on any atom is -0.366 e. The van der Waals surface area contributed by atoms with E-state index in [0.717, 1.165) is 40.3 Å². The number of nitrogens with zero attached hydrogens (tertiary/aromatic N) is 4. The van der Waals surface area contributed by atoms with Gasteiger partial charge in [0.15, 0.2) is 5.65 Å². The first-order valence-electron chi connectivity index (χ1n) is 9.19. The van der Waals surface area contributed by atoms with E-state index in [1.807, 2.05) is 30.6 Å². The Morgan fingerprint density at radius 3 is 2.96 bits per heavy atom. The molecule has 2 N–H and O–H groups in total. The van der Waals surface area contributed by atoms with Crippen LogP contribution in [0.4, 0.5) is 5.82 Å². The second kappa shape index (κ2) is 9.09. The van der Waals surface area contributed by atoms with Gasteiger partial charge in [-0.05, 0) is 46.9 Å². The predicted octanol–water partition coefficient (Wildman–Crippen LogP) is 3.99. The number of piperidine rings is 1. The summed E-state index contributed by atoms with van der Waals surface area (Å²) in [6.07, 6.45) is 7.81. The molecule has 0 aliphatic carbocycles. The third-order valence-corrected chi connectivity index (χ3v) is 4.92. The zero-order valence-electron chi connectivity index (χ0n) is 15.2. The maximum absolute atomic E-state index is 4.84. The molecule has 1 unspecified atom stereocenters. The molecule has 1 aliphatic heterocycles. The molecule has 138 valence electrons. The summed E-state index contributed by atoms with van der Waals surface area (Å²) in [6.45, 7) is 6.78. The normalized spacial score (nSPS) is 16.8. The van der Waals surface area contributed by atoms with E-state index in [9.17, 15) is 0 Å². The average Bonchev–Trinajstić information content (AvgIpc) is 3.10. The Morgan fingerprint density at radius 1 is 1.35 bits per heavy atom. The quantitative estimate of drug-likeness (QED) is 0.672. The number of anilines is 1. The second-order valence-electron chi connectivity index (χ2n) is 6.05. The van der Waals surface area contributed by atoms with Gasteiger partial charge in [-0.15, -0.1) is 0 Å². The molecule has 0 amide bonds. The highest BCUT2D eigenvalue weighted by Crippen LogP contribution is 2.27. The number of pyridine rings is 1. The third kappa shape index (κ3) is 4.22. The number of nitrogens with one attached hydrogen (secondary N) is 2. The van der Waals surface area contributed by atoms with Crippen molar-refractivity contribution in [3.63, 3.8) is 0 Å². The second-order valence-corrected chi connectivity index (χ2v) is 6.91. The molecule has 26 heavy (non-hydrogen) atoms. The minimum absolute atomic E-state index is 0.449. The summed E-state index contributed by atoms with van der Waals surface area (Å²) in [5.74, 6) is 1.40. The van der Waals surface area contributed by atoms with Crippen LogP contribution in [0.25, 0.3) is 5.65 Å². The van der Waals surface area contributed by atoms with E-state index >= 15 is 0 Å². The van der Waals surface area contributed by atoms with Crippen molar-refractivity contribution < 1.29 is 0 Å². The molecule has 1 atom stereocenters. The van der Waals surface area contributed by atoms with Gasteiger partial charge >= 0.3 is 0 Å². The largest absolute Gasteiger partial charge is 0.366 e. The monoisotopic (exact) mass is 416 g/mol. The maximum Gasteiger partial charge on any atom is 0.171 e. The molecule has 0 aromatic carbocycles. The summed E-state index contributed by atoms with van der Waals surface area (Å²) < 4.78 is 2.76. The molecule has 1 fully saturated rings. The van der Waals surface area contributed by atoms with Crippen molar-refractivity contribution in [3.8, 4) is 0 Å². The molecular weight excluding hydrogens is 392 g/mol. The molecule has 6 nitrogen and oxygen atoms in total. The Kier molecular flexibility index (Phi) is 6.57. The summed E-state index contributed by atoms with van der Waals surface area (Å²) >= 11 is 3.56. The third-order valence-electron chi connectivity index (χ3n) is 4.36. The van der Waals surface area contributed by atoms with Crippen LogP contribution in [0.2, 0.25) is 0 Å². The minimum atomic E-state index is 0.449. The van der Waals surface area contributed by atoms with Gasteiger partial charge in [0, 0.05) is 37.5 Å². The average molecular weight is 417 g/mol. The van der Waals surface area contributed by atoms with Crippen molar-refractivity contribution in [2.45, 2.75) is 39.2 Å². The van der Waals surface area contributed by atoms with E-state index in [1.54, 1.807) is 12.4 Å². The molecule has 4 rings (SSSR count). The molecule has 0 radical (unpaired) electrons. The van der Waals surface area contributed by atoms with Crippen LogP contribution in [0, 0.1) is 0 Å².